The number of hydrogen-bond donors (Lipinski definition) is 0. The third kappa shape index (κ3) is 3.22. The minimum Gasteiger partial charge on any atom is 0 e. The van der Waals surface area contributed by atoms with E-state index < -0.39 is 6.62 Å². The number of benzene rings is 3. The van der Waals surface area contributed by atoms with Crippen molar-refractivity contribution in [2.24, 2.45) is 0 Å². The van der Waals surface area contributed by atoms with Crippen molar-refractivity contribution >= 4 is 33.8 Å². The summed E-state index contributed by atoms with van der Waals surface area (Å²) < 4.78 is 0. The normalized spacial score (nSPS) is 11.5. The van der Waals surface area contributed by atoms with Crippen LogP contribution in [0.25, 0.3) is 0 Å². The average molecular weight is 357 g/mol. The Balaban J connectivity index is 0.00000161. The van der Waals surface area contributed by atoms with Gasteiger partial charge in [-0.2, -0.15) is 0 Å². The van der Waals surface area contributed by atoms with E-state index in [1.165, 1.54) is 15.9 Å². The van der Waals surface area contributed by atoms with E-state index in [1.807, 2.05) is 18.2 Å². The Morgan fingerprint density at radius 3 is 0.952 bits per heavy atom. The van der Waals surface area contributed by atoms with Gasteiger partial charge in [0.1, 0.15) is 0 Å². The van der Waals surface area contributed by atoms with Crippen LogP contribution in [0, 0.1) is 0 Å². The Bertz CT molecular complexity index is 575. The predicted octanol–water partition coefficient (Wildman–Crippen LogP) is 3.86. The van der Waals surface area contributed by atoms with E-state index in [0.29, 0.717) is 0 Å². The van der Waals surface area contributed by atoms with Gasteiger partial charge in [-0.15, -0.1) is 0 Å². The summed E-state index contributed by atoms with van der Waals surface area (Å²) in [6.07, 6.45) is 0. The number of hydrogen-bond acceptors (Lipinski definition) is 0. The summed E-state index contributed by atoms with van der Waals surface area (Å²) >= 11 is 7.25. The van der Waals surface area contributed by atoms with Gasteiger partial charge in [0, 0.05) is 16.5 Å². The molecule has 0 amide bonds. The molecule has 0 fully saturated rings. The van der Waals surface area contributed by atoms with Crippen LogP contribution in [-0.4, -0.2) is 0 Å². The Kier molecular flexibility index (Phi) is 5.60. The van der Waals surface area contributed by atoms with Crippen molar-refractivity contribution in [1.82, 2.24) is 0 Å². The minimum atomic E-state index is -2.41. The van der Waals surface area contributed by atoms with Gasteiger partial charge in [-0.25, -0.2) is 0 Å². The predicted molar refractivity (Wildman–Crippen MR) is 92.4 cm³/mol. The topological polar surface area (TPSA) is 0 Å². The number of halogens is 1. The second-order valence-corrected chi connectivity index (χ2v) is 9.51. The molecule has 0 nitrogen and oxygen atoms in total. The van der Waals surface area contributed by atoms with Gasteiger partial charge < -0.3 is 0 Å². The van der Waals surface area contributed by atoms with Crippen LogP contribution in [0.1, 0.15) is 0 Å². The molecule has 0 saturated carbocycles. The molecule has 3 heteroatoms. The molecule has 21 heavy (non-hydrogen) atoms. The summed E-state index contributed by atoms with van der Waals surface area (Å²) in [4.78, 5) is 0. The van der Waals surface area contributed by atoms with Gasteiger partial charge in [0.15, 0.2) is 0 Å². The van der Waals surface area contributed by atoms with E-state index >= 15 is 0 Å². The van der Waals surface area contributed by atoms with E-state index in [9.17, 15) is 0 Å². The molecule has 3 aromatic carbocycles. The molecule has 0 heterocycles. The Labute approximate surface area is 141 Å². The van der Waals surface area contributed by atoms with E-state index in [0.717, 1.165) is 0 Å². The van der Waals surface area contributed by atoms with Crippen LogP contribution < -0.4 is 15.9 Å². The summed E-state index contributed by atoms with van der Waals surface area (Å²) in [5.41, 5.74) is 0. The van der Waals surface area contributed by atoms with Crippen LogP contribution in [0.15, 0.2) is 91.0 Å². The molecule has 0 unspecified atom stereocenters. The Hall–Kier alpha value is -1.13. The first-order chi connectivity index (χ1) is 9.82. The number of rotatable bonds is 3. The molecule has 0 N–H and O–H groups in total. The molecule has 0 bridgehead atoms. The van der Waals surface area contributed by atoms with E-state index in [4.69, 9.17) is 11.2 Å². The fourth-order valence-corrected chi connectivity index (χ4v) is 6.59. The molecule has 3 aromatic rings. The summed E-state index contributed by atoms with van der Waals surface area (Å²) in [6, 6.07) is 31.3. The van der Waals surface area contributed by atoms with Crippen LogP contribution in [0.2, 0.25) is 0 Å². The Morgan fingerprint density at radius 2 is 0.714 bits per heavy atom. The fourth-order valence-electron chi connectivity index (χ4n) is 2.50. The molecular weight excluding hydrogens is 341 g/mol. The smallest absolute Gasteiger partial charge is 0 e. The maximum Gasteiger partial charge on any atom is 0 e. The summed E-state index contributed by atoms with van der Waals surface area (Å²) in [5, 5.41) is 3.66. The molecule has 0 atom stereocenters. The van der Waals surface area contributed by atoms with E-state index in [1.54, 1.807) is 0 Å². The van der Waals surface area contributed by atoms with Gasteiger partial charge in [-0.05, 0) is 0 Å². The van der Waals surface area contributed by atoms with Crippen molar-refractivity contribution in [2.45, 2.75) is 0 Å². The first kappa shape index (κ1) is 16.2. The molecule has 0 aromatic heterocycles. The monoisotopic (exact) mass is 356 g/mol. The van der Waals surface area contributed by atoms with Crippen LogP contribution in [-0.2, 0) is 16.5 Å². The second-order valence-electron chi connectivity index (χ2n) is 4.76. The molecule has 0 aliphatic rings. The van der Waals surface area contributed by atoms with Crippen molar-refractivity contribution in [3.63, 3.8) is 0 Å². The SMILES string of the molecule is Cl[PH](c1ccccc1)(c1ccccc1)c1ccccc1.[Ni]. The fraction of sp³-hybridized carbons (Fsp3) is 0. The van der Waals surface area contributed by atoms with Crippen LogP contribution in [0.3, 0.4) is 0 Å². The third-order valence-electron chi connectivity index (χ3n) is 3.51. The maximum absolute atomic E-state index is 7.25. The average Bonchev–Trinajstić information content (AvgIpc) is 2.56. The first-order valence-electron chi connectivity index (χ1n) is 6.67. The zero-order chi connectivity index (χ0) is 13.8. The molecule has 0 saturated heterocycles. The van der Waals surface area contributed by atoms with Gasteiger partial charge in [-0.3, -0.25) is 0 Å². The van der Waals surface area contributed by atoms with Crippen molar-refractivity contribution in [3.8, 4) is 0 Å². The van der Waals surface area contributed by atoms with E-state index in [-0.39, 0.29) is 16.5 Å². The first-order valence-corrected chi connectivity index (χ1v) is 9.68. The Morgan fingerprint density at radius 1 is 0.476 bits per heavy atom. The van der Waals surface area contributed by atoms with Crippen molar-refractivity contribution < 1.29 is 16.5 Å². The molecule has 0 aliphatic carbocycles. The molecular formula is C18H16ClNiP. The minimum absolute atomic E-state index is 0. The third-order valence-corrected chi connectivity index (χ3v) is 8.87. The summed E-state index contributed by atoms with van der Waals surface area (Å²) in [6.45, 7) is -2.41. The van der Waals surface area contributed by atoms with Crippen LogP contribution in [0.5, 0.6) is 0 Å². The quantitative estimate of drug-likeness (QED) is 0.493. The van der Waals surface area contributed by atoms with Gasteiger partial charge in [-0.1, -0.05) is 0 Å². The molecule has 0 aliphatic heterocycles. The largest absolute Gasteiger partial charge is 0 e. The zero-order valence-electron chi connectivity index (χ0n) is 11.4. The summed E-state index contributed by atoms with van der Waals surface area (Å²) in [5.74, 6) is 0. The maximum atomic E-state index is 7.25. The van der Waals surface area contributed by atoms with Crippen molar-refractivity contribution in [1.29, 1.82) is 0 Å². The van der Waals surface area contributed by atoms with Crippen molar-refractivity contribution in [2.75, 3.05) is 0 Å². The molecule has 110 valence electrons. The van der Waals surface area contributed by atoms with Crippen LogP contribution in [0.4, 0.5) is 0 Å². The summed E-state index contributed by atoms with van der Waals surface area (Å²) in [7, 11) is 0. The molecule has 3 rings (SSSR count). The standard InChI is InChI=1S/C18H16ClP.Ni/c19-20(16-10-4-1-5-11-16,17-12-6-2-7-13-17)18-14-8-3-9-15-18;/h1-15,20H;. The van der Waals surface area contributed by atoms with Gasteiger partial charge >= 0.3 is 125 Å². The van der Waals surface area contributed by atoms with Gasteiger partial charge in [0.05, 0.1) is 0 Å². The second kappa shape index (κ2) is 7.23. The zero-order valence-corrected chi connectivity index (χ0v) is 14.1. The molecule has 0 spiro atoms. The van der Waals surface area contributed by atoms with E-state index in [2.05, 4.69) is 72.8 Å². The van der Waals surface area contributed by atoms with Crippen LogP contribution >= 0.6 is 17.9 Å². The molecule has 0 radical (unpaired) electrons. The van der Waals surface area contributed by atoms with Gasteiger partial charge in [0.25, 0.3) is 0 Å². The van der Waals surface area contributed by atoms with Gasteiger partial charge in [0.2, 0.25) is 0 Å². The van der Waals surface area contributed by atoms with Crippen molar-refractivity contribution in [3.05, 3.63) is 91.0 Å².